The van der Waals surface area contributed by atoms with Gasteiger partial charge in [0.1, 0.15) is 6.61 Å². The smallest absolute Gasteiger partial charge is 0.351 e. The van der Waals surface area contributed by atoms with Crippen molar-refractivity contribution in [2.24, 2.45) is 0 Å². The first-order valence-electron chi connectivity index (χ1n) is 8.57. The van der Waals surface area contributed by atoms with E-state index in [1.807, 2.05) is 0 Å². The van der Waals surface area contributed by atoms with Crippen LogP contribution in [0.3, 0.4) is 0 Å². The van der Waals surface area contributed by atoms with Crippen molar-refractivity contribution in [3.8, 4) is 17.2 Å². The third kappa shape index (κ3) is 4.54. The molecule has 2 aromatic carbocycles. The predicted octanol–water partition coefficient (Wildman–Crippen LogP) is 2.23. The molecule has 29 heavy (non-hydrogen) atoms. The van der Waals surface area contributed by atoms with E-state index in [0.717, 1.165) is 0 Å². The highest BCUT2D eigenvalue weighted by Crippen LogP contribution is 2.33. The third-order valence-electron chi connectivity index (χ3n) is 4.11. The molecule has 0 saturated heterocycles. The molecule has 1 N–H and O–H groups in total. The summed E-state index contributed by atoms with van der Waals surface area (Å²) < 4.78 is 20.9. The number of esters is 1. The predicted molar refractivity (Wildman–Crippen MR) is 100 cm³/mol. The van der Waals surface area contributed by atoms with Crippen molar-refractivity contribution in [1.29, 1.82) is 0 Å². The number of hydrogen-bond acceptors (Lipinski definition) is 8. The molecule has 1 aliphatic rings. The number of ether oxygens (including phenoxy) is 4. The lowest BCUT2D eigenvalue weighted by molar-refractivity contribution is -0.385. The number of hydrogen-bond donors (Lipinski definition) is 1. The number of amides is 1. The van der Waals surface area contributed by atoms with E-state index in [2.05, 4.69) is 5.32 Å². The summed E-state index contributed by atoms with van der Waals surface area (Å²) in [4.78, 5) is 34.7. The zero-order chi connectivity index (χ0) is 21.0. The van der Waals surface area contributed by atoms with Gasteiger partial charge < -0.3 is 24.3 Å². The van der Waals surface area contributed by atoms with Gasteiger partial charge in [-0.3, -0.25) is 14.9 Å². The fraction of sp³-hybridized carbons (Fsp3) is 0.263. The molecule has 152 valence electrons. The number of rotatable bonds is 6. The normalized spacial score (nSPS) is 14.6. The van der Waals surface area contributed by atoms with E-state index in [-0.39, 0.29) is 18.0 Å². The fourth-order valence-corrected chi connectivity index (χ4v) is 2.67. The Kier molecular flexibility index (Phi) is 5.82. The zero-order valence-corrected chi connectivity index (χ0v) is 15.7. The number of benzene rings is 2. The van der Waals surface area contributed by atoms with Gasteiger partial charge in [0.2, 0.25) is 6.10 Å². The number of methoxy groups -OCH3 is 1. The minimum Gasteiger partial charge on any atom is -0.490 e. The van der Waals surface area contributed by atoms with Gasteiger partial charge >= 0.3 is 11.7 Å². The fourth-order valence-electron chi connectivity index (χ4n) is 2.67. The van der Waals surface area contributed by atoms with E-state index in [1.54, 1.807) is 31.2 Å². The van der Waals surface area contributed by atoms with Gasteiger partial charge in [0.25, 0.3) is 5.91 Å². The van der Waals surface area contributed by atoms with Crippen LogP contribution < -0.4 is 19.5 Å². The van der Waals surface area contributed by atoms with Crippen LogP contribution in [0.4, 0.5) is 11.4 Å². The van der Waals surface area contributed by atoms with E-state index in [0.29, 0.717) is 22.7 Å². The average Bonchev–Trinajstić information content (AvgIpc) is 2.72. The molecule has 0 aromatic heterocycles. The number of para-hydroxylation sites is 2. The number of nitro groups is 1. The Morgan fingerprint density at radius 2 is 2.00 bits per heavy atom. The molecule has 1 aliphatic heterocycles. The third-order valence-corrected chi connectivity index (χ3v) is 4.11. The summed E-state index contributed by atoms with van der Waals surface area (Å²) >= 11 is 0. The molecule has 2 aromatic rings. The summed E-state index contributed by atoms with van der Waals surface area (Å²) in [5, 5.41) is 13.6. The van der Waals surface area contributed by atoms with E-state index in [1.165, 1.54) is 19.2 Å². The van der Waals surface area contributed by atoms with Crippen molar-refractivity contribution in [3.05, 3.63) is 52.1 Å². The van der Waals surface area contributed by atoms with Crippen LogP contribution in [-0.2, 0) is 14.3 Å². The SMILES string of the molecule is COc1cc(NC(=O)COC(=O)[C@@H]2COc3ccccc3O2)c(C)cc1[N+](=O)[O-]. The summed E-state index contributed by atoms with van der Waals surface area (Å²) in [5.41, 5.74) is 0.543. The van der Waals surface area contributed by atoms with Crippen molar-refractivity contribution in [2.45, 2.75) is 13.0 Å². The molecule has 10 nitrogen and oxygen atoms in total. The monoisotopic (exact) mass is 402 g/mol. The molecular weight excluding hydrogens is 384 g/mol. The quantitative estimate of drug-likeness (QED) is 0.443. The van der Waals surface area contributed by atoms with E-state index in [4.69, 9.17) is 18.9 Å². The maximum Gasteiger partial charge on any atom is 0.351 e. The minimum absolute atomic E-state index is 0.000635. The number of nitro benzene ring substituents is 1. The van der Waals surface area contributed by atoms with Gasteiger partial charge in [-0.05, 0) is 24.6 Å². The number of anilines is 1. The van der Waals surface area contributed by atoms with Crippen LogP contribution in [0.25, 0.3) is 0 Å². The molecule has 0 saturated carbocycles. The number of nitrogens with zero attached hydrogens (tertiary/aromatic N) is 1. The van der Waals surface area contributed by atoms with Gasteiger partial charge in [0.15, 0.2) is 23.9 Å². The molecular formula is C19H18N2O8. The molecule has 0 radical (unpaired) electrons. The van der Waals surface area contributed by atoms with Crippen LogP contribution >= 0.6 is 0 Å². The van der Waals surface area contributed by atoms with E-state index in [9.17, 15) is 19.7 Å². The molecule has 3 rings (SSSR count). The number of aryl methyl sites for hydroxylation is 1. The van der Waals surface area contributed by atoms with Gasteiger partial charge in [-0.2, -0.15) is 0 Å². The molecule has 1 heterocycles. The van der Waals surface area contributed by atoms with Crippen LogP contribution in [0.2, 0.25) is 0 Å². The highest BCUT2D eigenvalue weighted by molar-refractivity contribution is 5.94. The Balaban J connectivity index is 1.58. The molecule has 1 amide bonds. The summed E-state index contributed by atoms with van der Waals surface area (Å²) in [6.07, 6.45) is -0.987. The van der Waals surface area contributed by atoms with Crippen molar-refractivity contribution in [2.75, 3.05) is 25.6 Å². The Morgan fingerprint density at radius 1 is 1.28 bits per heavy atom. The van der Waals surface area contributed by atoms with Gasteiger partial charge in [-0.1, -0.05) is 12.1 Å². The first kappa shape index (κ1) is 19.9. The Bertz CT molecular complexity index is 959. The summed E-state index contributed by atoms with van der Waals surface area (Å²) in [5.74, 6) is -0.419. The van der Waals surface area contributed by atoms with Gasteiger partial charge in [0.05, 0.1) is 12.0 Å². The van der Waals surface area contributed by atoms with Crippen molar-refractivity contribution in [1.82, 2.24) is 0 Å². The van der Waals surface area contributed by atoms with Crippen molar-refractivity contribution >= 4 is 23.3 Å². The van der Waals surface area contributed by atoms with Crippen LogP contribution in [0.1, 0.15) is 5.56 Å². The van der Waals surface area contributed by atoms with Crippen LogP contribution in [0, 0.1) is 17.0 Å². The summed E-state index contributed by atoms with van der Waals surface area (Å²) in [7, 11) is 1.29. The van der Waals surface area contributed by atoms with Crippen LogP contribution in [-0.4, -0.2) is 43.2 Å². The second-order valence-electron chi connectivity index (χ2n) is 6.12. The van der Waals surface area contributed by atoms with E-state index < -0.39 is 29.5 Å². The maximum absolute atomic E-state index is 12.1. The van der Waals surface area contributed by atoms with Crippen LogP contribution in [0.15, 0.2) is 36.4 Å². The summed E-state index contributed by atoms with van der Waals surface area (Å²) in [6, 6.07) is 9.51. The molecule has 0 unspecified atom stereocenters. The van der Waals surface area contributed by atoms with Crippen molar-refractivity contribution in [3.63, 3.8) is 0 Å². The molecule has 0 bridgehead atoms. The number of carbonyl (C=O) groups is 2. The maximum atomic E-state index is 12.1. The topological polar surface area (TPSA) is 126 Å². The molecule has 0 aliphatic carbocycles. The Morgan fingerprint density at radius 3 is 2.69 bits per heavy atom. The summed E-state index contributed by atoms with van der Waals surface area (Å²) in [6.45, 7) is 1.01. The standard InChI is InChI=1S/C19H18N2O8/c1-11-7-13(21(24)25)16(26-2)8-12(11)20-18(22)10-28-19(23)17-9-27-14-5-3-4-6-15(14)29-17/h3-8,17H,9-10H2,1-2H3,(H,20,22)/t17-/m0/s1. The highest BCUT2D eigenvalue weighted by atomic mass is 16.6. The lowest BCUT2D eigenvalue weighted by Crippen LogP contribution is -2.39. The molecule has 1 atom stereocenters. The van der Waals surface area contributed by atoms with E-state index >= 15 is 0 Å². The second kappa shape index (κ2) is 8.46. The van der Waals surface area contributed by atoms with Crippen LogP contribution in [0.5, 0.6) is 17.2 Å². The minimum atomic E-state index is -0.987. The number of carbonyl (C=O) groups excluding carboxylic acids is 2. The molecule has 10 heteroatoms. The molecule has 0 spiro atoms. The van der Waals surface area contributed by atoms with Gasteiger partial charge in [-0.15, -0.1) is 0 Å². The first-order chi connectivity index (χ1) is 13.9. The average molecular weight is 402 g/mol. The van der Waals surface area contributed by atoms with Gasteiger partial charge in [-0.25, -0.2) is 4.79 Å². The number of nitrogens with one attached hydrogen (secondary N) is 1. The highest BCUT2D eigenvalue weighted by Gasteiger charge is 2.29. The number of fused-ring (bicyclic) bond motifs is 1. The first-order valence-corrected chi connectivity index (χ1v) is 8.57. The lowest BCUT2D eigenvalue weighted by Gasteiger charge is -2.24. The Hall–Kier alpha value is -3.82. The van der Waals surface area contributed by atoms with Crippen molar-refractivity contribution < 1.29 is 33.5 Å². The zero-order valence-electron chi connectivity index (χ0n) is 15.7. The lowest BCUT2D eigenvalue weighted by atomic mass is 10.1. The molecule has 0 fully saturated rings. The largest absolute Gasteiger partial charge is 0.490 e. The van der Waals surface area contributed by atoms with Gasteiger partial charge in [0, 0.05) is 17.8 Å². The Labute approximate surface area is 165 Å². The second-order valence-corrected chi connectivity index (χ2v) is 6.12.